The van der Waals surface area contributed by atoms with Crippen LogP contribution in [0.25, 0.3) is 0 Å². The smallest absolute Gasteiger partial charge is 0.123 e. The summed E-state index contributed by atoms with van der Waals surface area (Å²) < 4.78 is 14.8. The van der Waals surface area contributed by atoms with Crippen LogP contribution in [-0.4, -0.2) is 9.78 Å². The first kappa shape index (κ1) is 12.4. The quantitative estimate of drug-likeness (QED) is 0.894. The van der Waals surface area contributed by atoms with Crippen molar-refractivity contribution in [3.05, 3.63) is 53.6 Å². The molecule has 0 radical (unpaired) electrons. The molecule has 0 spiro atoms. The Labute approximate surface area is 112 Å². The number of halogens is 1. The summed E-state index contributed by atoms with van der Waals surface area (Å²) >= 11 is 0. The van der Waals surface area contributed by atoms with Crippen LogP contribution in [0.15, 0.2) is 36.7 Å². The van der Waals surface area contributed by atoms with E-state index in [1.807, 2.05) is 31.6 Å². The average molecular weight is 259 g/mol. The van der Waals surface area contributed by atoms with Gasteiger partial charge in [0.05, 0.1) is 6.20 Å². The van der Waals surface area contributed by atoms with Crippen LogP contribution in [0, 0.1) is 11.7 Å². The molecular formula is C15H18FN3. The number of rotatable bonds is 5. The molecule has 3 nitrogen and oxygen atoms in total. The molecular weight excluding hydrogens is 241 g/mol. The second-order valence-corrected chi connectivity index (χ2v) is 5.27. The Kier molecular flexibility index (Phi) is 3.34. The highest BCUT2D eigenvalue weighted by Gasteiger charge is 2.31. The number of aromatic nitrogens is 2. The highest BCUT2D eigenvalue weighted by molar-refractivity contribution is 5.22. The Hall–Kier alpha value is -1.68. The van der Waals surface area contributed by atoms with E-state index in [1.165, 1.54) is 36.1 Å². The number of hydrogen-bond acceptors (Lipinski definition) is 2. The second-order valence-electron chi connectivity index (χ2n) is 5.27. The fraction of sp³-hybridized carbons (Fsp3) is 0.400. The van der Waals surface area contributed by atoms with Gasteiger partial charge in [0.1, 0.15) is 5.82 Å². The molecule has 0 bridgehead atoms. The van der Waals surface area contributed by atoms with Crippen LogP contribution in [0.3, 0.4) is 0 Å². The monoisotopic (exact) mass is 259 g/mol. The van der Waals surface area contributed by atoms with Gasteiger partial charge in [-0.05, 0) is 36.5 Å². The van der Waals surface area contributed by atoms with Crippen molar-refractivity contribution in [2.24, 2.45) is 13.0 Å². The Morgan fingerprint density at radius 1 is 1.37 bits per heavy atom. The molecule has 1 saturated carbocycles. The van der Waals surface area contributed by atoms with E-state index in [-0.39, 0.29) is 5.82 Å². The molecule has 1 N–H and O–H groups in total. The Balaban J connectivity index is 1.69. The molecule has 19 heavy (non-hydrogen) atoms. The van der Waals surface area contributed by atoms with E-state index in [2.05, 4.69) is 10.4 Å². The van der Waals surface area contributed by atoms with Gasteiger partial charge in [0, 0.05) is 31.4 Å². The van der Waals surface area contributed by atoms with Crippen molar-refractivity contribution in [2.45, 2.75) is 25.4 Å². The molecule has 2 aromatic rings. The Bertz CT molecular complexity index is 543. The van der Waals surface area contributed by atoms with Crippen molar-refractivity contribution in [1.29, 1.82) is 0 Å². The van der Waals surface area contributed by atoms with E-state index >= 15 is 0 Å². The van der Waals surface area contributed by atoms with Gasteiger partial charge in [0.2, 0.25) is 0 Å². The van der Waals surface area contributed by atoms with E-state index in [4.69, 9.17) is 0 Å². The lowest BCUT2D eigenvalue weighted by Crippen LogP contribution is -2.22. The van der Waals surface area contributed by atoms with E-state index in [0.717, 1.165) is 6.54 Å². The Morgan fingerprint density at radius 2 is 2.11 bits per heavy atom. The van der Waals surface area contributed by atoms with Gasteiger partial charge in [-0.3, -0.25) is 4.68 Å². The third-order valence-electron chi connectivity index (χ3n) is 3.61. The largest absolute Gasteiger partial charge is 0.305 e. The first-order chi connectivity index (χ1) is 9.22. The summed E-state index contributed by atoms with van der Waals surface area (Å²) in [6.07, 6.45) is 6.40. The van der Waals surface area contributed by atoms with Crippen molar-refractivity contribution in [1.82, 2.24) is 15.1 Å². The number of aryl methyl sites for hydroxylation is 1. The second kappa shape index (κ2) is 5.13. The lowest BCUT2D eigenvalue weighted by Gasteiger charge is -2.18. The van der Waals surface area contributed by atoms with Gasteiger partial charge in [-0.2, -0.15) is 5.10 Å². The average Bonchev–Trinajstić information content (AvgIpc) is 3.15. The third-order valence-corrected chi connectivity index (χ3v) is 3.61. The van der Waals surface area contributed by atoms with Crippen LogP contribution in [0.2, 0.25) is 0 Å². The van der Waals surface area contributed by atoms with Crippen LogP contribution in [0.4, 0.5) is 4.39 Å². The summed E-state index contributed by atoms with van der Waals surface area (Å²) in [6, 6.07) is 7.16. The third kappa shape index (κ3) is 3.01. The molecule has 0 amide bonds. The van der Waals surface area contributed by atoms with Gasteiger partial charge in [0.25, 0.3) is 0 Å². The fourth-order valence-electron chi connectivity index (χ4n) is 2.45. The molecule has 1 aliphatic carbocycles. The molecule has 0 saturated heterocycles. The number of nitrogens with one attached hydrogen (secondary N) is 1. The van der Waals surface area contributed by atoms with Crippen molar-refractivity contribution < 1.29 is 4.39 Å². The van der Waals surface area contributed by atoms with Gasteiger partial charge in [-0.15, -0.1) is 0 Å². The zero-order valence-corrected chi connectivity index (χ0v) is 11.0. The summed E-state index contributed by atoms with van der Waals surface area (Å²) in [5, 5.41) is 7.74. The van der Waals surface area contributed by atoms with Gasteiger partial charge >= 0.3 is 0 Å². The first-order valence-electron chi connectivity index (χ1n) is 6.69. The minimum Gasteiger partial charge on any atom is -0.305 e. The number of benzene rings is 1. The van der Waals surface area contributed by atoms with E-state index < -0.39 is 0 Å². The molecule has 1 unspecified atom stereocenters. The van der Waals surface area contributed by atoms with Crippen molar-refractivity contribution in [2.75, 3.05) is 0 Å². The fourth-order valence-corrected chi connectivity index (χ4v) is 2.45. The predicted octanol–water partition coefficient (Wildman–Crippen LogP) is 2.80. The topological polar surface area (TPSA) is 29.9 Å². The molecule has 1 aromatic heterocycles. The Morgan fingerprint density at radius 3 is 2.68 bits per heavy atom. The van der Waals surface area contributed by atoms with Gasteiger partial charge in [-0.1, -0.05) is 12.1 Å². The van der Waals surface area contributed by atoms with Crippen LogP contribution < -0.4 is 5.32 Å². The standard InChI is InChI=1S/C15H18FN3/c1-19-10-11(9-18-19)8-17-15(12-2-3-12)13-4-6-14(16)7-5-13/h4-7,9-10,12,15,17H,2-3,8H2,1H3. The predicted molar refractivity (Wildman–Crippen MR) is 71.9 cm³/mol. The van der Waals surface area contributed by atoms with E-state index in [1.54, 1.807) is 4.68 Å². The van der Waals surface area contributed by atoms with Crippen LogP contribution in [0.5, 0.6) is 0 Å². The first-order valence-corrected chi connectivity index (χ1v) is 6.69. The zero-order chi connectivity index (χ0) is 13.2. The SMILES string of the molecule is Cn1cc(CNC(c2ccc(F)cc2)C2CC2)cn1. The van der Waals surface area contributed by atoms with E-state index in [0.29, 0.717) is 12.0 Å². The summed E-state index contributed by atoms with van der Waals surface area (Å²) in [5.41, 5.74) is 2.35. The molecule has 1 atom stereocenters. The molecule has 0 aliphatic heterocycles. The summed E-state index contributed by atoms with van der Waals surface area (Å²) in [6.45, 7) is 0.798. The van der Waals surface area contributed by atoms with E-state index in [9.17, 15) is 4.39 Å². The normalized spacial score (nSPS) is 16.5. The highest BCUT2D eigenvalue weighted by Crippen LogP contribution is 2.41. The van der Waals surface area contributed by atoms with Crippen LogP contribution >= 0.6 is 0 Å². The summed E-state index contributed by atoms with van der Waals surface area (Å²) in [5.74, 6) is 0.507. The molecule has 3 rings (SSSR count). The molecule has 1 aliphatic rings. The van der Waals surface area contributed by atoms with Gasteiger partial charge in [-0.25, -0.2) is 4.39 Å². The highest BCUT2D eigenvalue weighted by atomic mass is 19.1. The summed E-state index contributed by atoms with van der Waals surface area (Å²) in [7, 11) is 1.92. The molecule has 1 aromatic carbocycles. The minimum atomic E-state index is -0.175. The lowest BCUT2D eigenvalue weighted by molar-refractivity contribution is 0.479. The number of hydrogen-bond donors (Lipinski definition) is 1. The van der Waals surface area contributed by atoms with Crippen LogP contribution in [-0.2, 0) is 13.6 Å². The van der Waals surface area contributed by atoms with Crippen molar-refractivity contribution >= 4 is 0 Å². The summed E-state index contributed by atoms with van der Waals surface area (Å²) in [4.78, 5) is 0. The molecule has 1 heterocycles. The molecule has 1 fully saturated rings. The van der Waals surface area contributed by atoms with Gasteiger partial charge in [0.15, 0.2) is 0 Å². The maximum Gasteiger partial charge on any atom is 0.123 e. The van der Waals surface area contributed by atoms with Crippen molar-refractivity contribution in [3.63, 3.8) is 0 Å². The van der Waals surface area contributed by atoms with Crippen LogP contribution in [0.1, 0.15) is 30.0 Å². The lowest BCUT2D eigenvalue weighted by atomic mass is 10.0. The maximum atomic E-state index is 13.0. The molecule has 100 valence electrons. The maximum absolute atomic E-state index is 13.0. The zero-order valence-electron chi connectivity index (χ0n) is 11.0. The minimum absolute atomic E-state index is 0.175. The van der Waals surface area contributed by atoms with Gasteiger partial charge < -0.3 is 5.32 Å². The number of nitrogens with zero attached hydrogens (tertiary/aromatic N) is 2. The molecule has 4 heteroatoms. The van der Waals surface area contributed by atoms with Crippen molar-refractivity contribution in [3.8, 4) is 0 Å².